The van der Waals surface area contributed by atoms with Crippen LogP contribution >= 0.6 is 11.3 Å². The van der Waals surface area contributed by atoms with Gasteiger partial charge in [-0.05, 0) is 36.6 Å². The molecule has 1 aliphatic carbocycles. The van der Waals surface area contributed by atoms with Gasteiger partial charge in [-0.1, -0.05) is 32.8 Å². The molecule has 1 spiro atoms. The van der Waals surface area contributed by atoms with Crippen LogP contribution in [0.5, 0.6) is 0 Å². The molecule has 0 bridgehead atoms. The van der Waals surface area contributed by atoms with Crippen LogP contribution in [0.4, 0.5) is 4.79 Å². The van der Waals surface area contributed by atoms with Crippen LogP contribution < -0.4 is 5.32 Å². The van der Waals surface area contributed by atoms with E-state index in [2.05, 4.69) is 15.5 Å². The Morgan fingerprint density at radius 2 is 2.23 bits per heavy atom. The third-order valence-electron chi connectivity index (χ3n) is 6.17. The van der Waals surface area contributed by atoms with Gasteiger partial charge < -0.3 is 14.6 Å². The standard InChI is InChI=1S/C21H27N5O4S/c1-3-10-25(12-16-23-24-18(30-16)15-8-6-11-31-15)17(27)13-26-19(28)21(22-20(26)29)9-5-4-7-14(21)2/h6,8,11,14H,3-5,7,9-10,12-13H2,1-2H3,(H,22,29)/t14-,21+/m0/s1. The van der Waals surface area contributed by atoms with Crippen LogP contribution in [0.2, 0.25) is 0 Å². The Morgan fingerprint density at radius 1 is 1.39 bits per heavy atom. The average molecular weight is 446 g/mol. The molecule has 2 atom stereocenters. The lowest BCUT2D eigenvalue weighted by atomic mass is 9.73. The lowest BCUT2D eigenvalue weighted by Gasteiger charge is -2.36. The summed E-state index contributed by atoms with van der Waals surface area (Å²) in [5.74, 6) is 0.184. The van der Waals surface area contributed by atoms with Crippen LogP contribution in [0.25, 0.3) is 10.8 Å². The summed E-state index contributed by atoms with van der Waals surface area (Å²) in [5, 5.41) is 12.9. The minimum atomic E-state index is -0.868. The molecule has 4 amide bonds. The molecule has 1 aliphatic heterocycles. The summed E-state index contributed by atoms with van der Waals surface area (Å²) in [6, 6.07) is 3.30. The van der Waals surface area contributed by atoms with Gasteiger partial charge in [0.15, 0.2) is 0 Å². The summed E-state index contributed by atoms with van der Waals surface area (Å²) < 4.78 is 5.71. The predicted molar refractivity (Wildman–Crippen MR) is 114 cm³/mol. The fraction of sp³-hybridized carbons (Fsp3) is 0.571. The maximum Gasteiger partial charge on any atom is 0.325 e. The zero-order chi connectivity index (χ0) is 22.0. The first-order valence-corrected chi connectivity index (χ1v) is 11.6. The first-order chi connectivity index (χ1) is 14.9. The summed E-state index contributed by atoms with van der Waals surface area (Å²) in [4.78, 5) is 42.3. The predicted octanol–water partition coefficient (Wildman–Crippen LogP) is 3.04. The van der Waals surface area contributed by atoms with Crippen LogP contribution in [-0.4, -0.2) is 56.5 Å². The topological polar surface area (TPSA) is 109 Å². The fourth-order valence-corrected chi connectivity index (χ4v) is 5.06. The molecule has 0 aromatic carbocycles. The highest BCUT2D eigenvalue weighted by atomic mass is 32.1. The Morgan fingerprint density at radius 3 is 2.94 bits per heavy atom. The SMILES string of the molecule is CCCN(Cc1nnc(-c2cccs2)o1)C(=O)CN1C(=O)N[C@@]2(CCCC[C@@H]2C)C1=O. The molecule has 10 heteroatoms. The van der Waals surface area contributed by atoms with Crippen molar-refractivity contribution in [3.8, 4) is 10.8 Å². The number of thiophene rings is 1. The minimum Gasteiger partial charge on any atom is -0.418 e. The van der Waals surface area contributed by atoms with Crippen LogP contribution in [0.15, 0.2) is 21.9 Å². The fourth-order valence-electron chi connectivity index (χ4n) is 4.42. The van der Waals surface area contributed by atoms with E-state index in [1.54, 1.807) is 4.90 Å². The zero-order valence-electron chi connectivity index (χ0n) is 17.8. The quantitative estimate of drug-likeness (QED) is 0.656. The van der Waals surface area contributed by atoms with E-state index >= 15 is 0 Å². The molecule has 0 unspecified atom stereocenters. The molecule has 2 aliphatic rings. The van der Waals surface area contributed by atoms with Crippen molar-refractivity contribution in [2.75, 3.05) is 13.1 Å². The smallest absolute Gasteiger partial charge is 0.325 e. The highest BCUT2D eigenvalue weighted by molar-refractivity contribution is 7.13. The first kappa shape index (κ1) is 21.5. The molecule has 3 heterocycles. The molecule has 166 valence electrons. The number of hydrogen-bond acceptors (Lipinski definition) is 7. The average Bonchev–Trinajstić information content (AvgIpc) is 3.48. The molecule has 9 nitrogen and oxygen atoms in total. The Kier molecular flexibility index (Phi) is 6.08. The van der Waals surface area contributed by atoms with E-state index in [-0.39, 0.29) is 30.8 Å². The van der Waals surface area contributed by atoms with Gasteiger partial charge in [-0.3, -0.25) is 14.5 Å². The van der Waals surface area contributed by atoms with Crippen LogP contribution in [0, 0.1) is 5.92 Å². The maximum atomic E-state index is 13.1. The van der Waals surface area contributed by atoms with Gasteiger partial charge in [0, 0.05) is 6.54 Å². The van der Waals surface area contributed by atoms with E-state index in [1.165, 1.54) is 11.3 Å². The molecule has 0 radical (unpaired) electrons. The molecule has 31 heavy (non-hydrogen) atoms. The van der Waals surface area contributed by atoms with Gasteiger partial charge in [-0.2, -0.15) is 0 Å². The van der Waals surface area contributed by atoms with Gasteiger partial charge >= 0.3 is 6.03 Å². The Labute approximate surface area is 184 Å². The van der Waals surface area contributed by atoms with Crippen molar-refractivity contribution in [2.24, 2.45) is 5.92 Å². The zero-order valence-corrected chi connectivity index (χ0v) is 18.6. The van der Waals surface area contributed by atoms with E-state index in [9.17, 15) is 14.4 Å². The van der Waals surface area contributed by atoms with Gasteiger partial charge in [-0.15, -0.1) is 21.5 Å². The molecule has 1 N–H and O–H groups in total. The summed E-state index contributed by atoms with van der Waals surface area (Å²) in [6.45, 7) is 4.26. The molecular formula is C21H27N5O4S. The lowest BCUT2D eigenvalue weighted by Crippen LogP contribution is -2.54. The number of rotatable bonds is 7. The van der Waals surface area contributed by atoms with E-state index in [0.29, 0.717) is 24.7 Å². The van der Waals surface area contributed by atoms with Crippen molar-refractivity contribution < 1.29 is 18.8 Å². The molecular weight excluding hydrogens is 418 g/mol. The van der Waals surface area contributed by atoms with Crippen molar-refractivity contribution in [1.29, 1.82) is 0 Å². The molecule has 2 aromatic rings. The van der Waals surface area contributed by atoms with Crippen LogP contribution in [-0.2, 0) is 16.1 Å². The Bertz CT molecular complexity index is 959. The number of urea groups is 1. The van der Waals surface area contributed by atoms with Crippen molar-refractivity contribution in [3.63, 3.8) is 0 Å². The third-order valence-corrected chi connectivity index (χ3v) is 7.02. The summed E-state index contributed by atoms with van der Waals surface area (Å²) in [5.41, 5.74) is -0.868. The monoisotopic (exact) mass is 445 g/mol. The molecule has 4 rings (SSSR count). The van der Waals surface area contributed by atoms with Gasteiger partial charge in [0.25, 0.3) is 11.8 Å². The largest absolute Gasteiger partial charge is 0.418 e. The minimum absolute atomic E-state index is 0.0543. The number of imide groups is 1. The summed E-state index contributed by atoms with van der Waals surface area (Å²) >= 11 is 1.49. The van der Waals surface area contributed by atoms with Crippen molar-refractivity contribution in [2.45, 2.75) is 58.0 Å². The summed E-state index contributed by atoms with van der Waals surface area (Å²) in [6.07, 6.45) is 4.17. The van der Waals surface area contributed by atoms with Crippen molar-refractivity contribution in [1.82, 2.24) is 25.3 Å². The second-order valence-electron chi connectivity index (χ2n) is 8.23. The number of carbonyl (C=O) groups is 3. The summed E-state index contributed by atoms with van der Waals surface area (Å²) in [7, 11) is 0. The Balaban J connectivity index is 1.45. The van der Waals surface area contributed by atoms with Gasteiger partial charge in [-0.25, -0.2) is 4.79 Å². The van der Waals surface area contributed by atoms with E-state index < -0.39 is 11.6 Å². The Hall–Kier alpha value is -2.75. The van der Waals surface area contributed by atoms with Gasteiger partial charge in [0.1, 0.15) is 12.1 Å². The second-order valence-corrected chi connectivity index (χ2v) is 9.18. The number of amides is 4. The lowest BCUT2D eigenvalue weighted by molar-refractivity contribution is -0.141. The highest BCUT2D eigenvalue weighted by Crippen LogP contribution is 2.38. The van der Waals surface area contributed by atoms with Crippen molar-refractivity contribution in [3.05, 3.63) is 23.4 Å². The first-order valence-electron chi connectivity index (χ1n) is 10.7. The highest BCUT2D eigenvalue weighted by Gasteiger charge is 2.55. The number of hydrogen-bond donors (Lipinski definition) is 1. The number of nitrogens with one attached hydrogen (secondary N) is 1. The van der Waals surface area contributed by atoms with Crippen molar-refractivity contribution >= 4 is 29.2 Å². The molecule has 2 aromatic heterocycles. The second kappa shape index (κ2) is 8.78. The number of aromatic nitrogens is 2. The number of carbonyl (C=O) groups excluding carboxylic acids is 3. The van der Waals surface area contributed by atoms with Gasteiger partial charge in [0.05, 0.1) is 11.4 Å². The molecule has 1 saturated carbocycles. The number of nitrogens with zero attached hydrogens (tertiary/aromatic N) is 4. The van der Waals surface area contributed by atoms with Crippen LogP contribution in [0.1, 0.15) is 51.8 Å². The van der Waals surface area contributed by atoms with E-state index in [0.717, 1.165) is 35.5 Å². The van der Waals surface area contributed by atoms with Crippen LogP contribution in [0.3, 0.4) is 0 Å². The normalized spacial score (nSPS) is 23.4. The third kappa shape index (κ3) is 4.08. The molecule has 1 saturated heterocycles. The van der Waals surface area contributed by atoms with E-state index in [4.69, 9.17) is 4.42 Å². The van der Waals surface area contributed by atoms with Gasteiger partial charge in [0.2, 0.25) is 11.8 Å². The van der Waals surface area contributed by atoms with E-state index in [1.807, 2.05) is 31.4 Å². The maximum absolute atomic E-state index is 13.1. The molecule has 2 fully saturated rings.